The zero-order valence-corrected chi connectivity index (χ0v) is 19.0. The molecule has 32 heavy (non-hydrogen) atoms. The van der Waals surface area contributed by atoms with E-state index in [1.54, 1.807) is 11.7 Å². The molecule has 0 spiro atoms. The number of benzene rings is 2. The molecule has 6 heteroatoms. The van der Waals surface area contributed by atoms with Gasteiger partial charge in [0.15, 0.2) is 0 Å². The molecule has 0 atom stereocenters. The zero-order valence-electron chi connectivity index (χ0n) is 19.0. The number of hydrogen-bond donors (Lipinski definition) is 0. The fraction of sp³-hybridized carbons (Fsp3) is 0.462. The first-order valence-electron chi connectivity index (χ1n) is 11.4. The lowest BCUT2D eigenvalue weighted by atomic mass is 9.79. The van der Waals surface area contributed by atoms with Gasteiger partial charge in [-0.05, 0) is 49.3 Å². The van der Waals surface area contributed by atoms with Crippen LogP contribution in [-0.2, 0) is 29.5 Å². The second-order valence-electron chi connectivity index (χ2n) is 8.79. The van der Waals surface area contributed by atoms with E-state index in [2.05, 4.69) is 0 Å². The third-order valence-electron chi connectivity index (χ3n) is 6.64. The van der Waals surface area contributed by atoms with Crippen LogP contribution in [0, 0.1) is 11.8 Å². The van der Waals surface area contributed by atoms with Crippen molar-refractivity contribution in [2.75, 3.05) is 20.3 Å². The van der Waals surface area contributed by atoms with Crippen LogP contribution >= 0.6 is 0 Å². The standard InChI is InChI=1S/C26H32N2O4/c1-27-23-13-12-22(32-15-14-31-2)17-24(23)28(26(27)30)18-20-8-10-21(11-9-20)25(29)16-19-6-4-3-5-7-19/h3-7,12-13,17,20-21H,8-11,14-16,18H2,1-2H3. The number of carbonyl (C=O) groups excluding carboxylic acids is 1. The van der Waals surface area contributed by atoms with Gasteiger partial charge in [-0.15, -0.1) is 0 Å². The molecular formula is C26H32N2O4. The summed E-state index contributed by atoms with van der Waals surface area (Å²) in [6.07, 6.45) is 4.27. The lowest BCUT2D eigenvalue weighted by molar-refractivity contribution is -0.123. The summed E-state index contributed by atoms with van der Waals surface area (Å²) in [5, 5.41) is 0. The van der Waals surface area contributed by atoms with Crippen LogP contribution in [0.3, 0.4) is 0 Å². The van der Waals surface area contributed by atoms with Gasteiger partial charge in [0.25, 0.3) is 0 Å². The van der Waals surface area contributed by atoms with E-state index in [9.17, 15) is 9.59 Å². The number of aryl methyl sites for hydroxylation is 1. The highest BCUT2D eigenvalue weighted by Gasteiger charge is 2.27. The summed E-state index contributed by atoms with van der Waals surface area (Å²) in [5.41, 5.74) is 2.89. The summed E-state index contributed by atoms with van der Waals surface area (Å²) >= 11 is 0. The molecule has 0 saturated heterocycles. The molecule has 0 aliphatic heterocycles. The van der Waals surface area contributed by atoms with Gasteiger partial charge < -0.3 is 9.47 Å². The number of rotatable bonds is 9. The molecule has 1 aliphatic rings. The lowest BCUT2D eigenvalue weighted by Crippen LogP contribution is -2.29. The van der Waals surface area contributed by atoms with Crippen molar-refractivity contribution in [3.05, 3.63) is 64.6 Å². The van der Waals surface area contributed by atoms with Crippen molar-refractivity contribution < 1.29 is 14.3 Å². The van der Waals surface area contributed by atoms with E-state index < -0.39 is 0 Å². The molecule has 1 fully saturated rings. The molecule has 170 valence electrons. The highest BCUT2D eigenvalue weighted by molar-refractivity contribution is 5.83. The SMILES string of the molecule is COCCOc1ccc2c(c1)n(CC1CCC(C(=O)Cc3ccccc3)CC1)c(=O)n2C. The van der Waals surface area contributed by atoms with Crippen LogP contribution < -0.4 is 10.4 Å². The predicted octanol–water partition coefficient (Wildman–Crippen LogP) is 3.98. The van der Waals surface area contributed by atoms with Crippen LogP contribution in [0.15, 0.2) is 53.3 Å². The Hall–Kier alpha value is -2.86. The first-order valence-corrected chi connectivity index (χ1v) is 11.4. The van der Waals surface area contributed by atoms with Crippen molar-refractivity contribution >= 4 is 16.8 Å². The Morgan fingerprint density at radius 1 is 1.00 bits per heavy atom. The maximum Gasteiger partial charge on any atom is 0.328 e. The lowest BCUT2D eigenvalue weighted by Gasteiger charge is -2.28. The maximum absolute atomic E-state index is 12.9. The molecule has 0 radical (unpaired) electrons. The second kappa shape index (κ2) is 10.2. The molecule has 0 amide bonds. The molecule has 1 aromatic heterocycles. The van der Waals surface area contributed by atoms with Crippen LogP contribution in [0.1, 0.15) is 31.2 Å². The van der Waals surface area contributed by atoms with Gasteiger partial charge >= 0.3 is 5.69 Å². The van der Waals surface area contributed by atoms with Gasteiger partial charge in [-0.25, -0.2) is 4.79 Å². The molecule has 1 aliphatic carbocycles. The Kier molecular flexibility index (Phi) is 7.10. The van der Waals surface area contributed by atoms with E-state index in [1.165, 1.54) is 0 Å². The Labute approximate surface area is 188 Å². The van der Waals surface area contributed by atoms with Crippen LogP contribution in [0.25, 0.3) is 11.0 Å². The minimum Gasteiger partial charge on any atom is -0.491 e. The van der Waals surface area contributed by atoms with Gasteiger partial charge in [0.1, 0.15) is 18.1 Å². The summed E-state index contributed by atoms with van der Waals surface area (Å²) in [5.74, 6) is 1.62. The minimum atomic E-state index is -0.00341. The number of hydrogen-bond acceptors (Lipinski definition) is 4. The van der Waals surface area contributed by atoms with Gasteiger partial charge in [-0.1, -0.05) is 30.3 Å². The van der Waals surface area contributed by atoms with Crippen molar-refractivity contribution in [1.82, 2.24) is 9.13 Å². The molecule has 2 aromatic carbocycles. The van der Waals surface area contributed by atoms with E-state index >= 15 is 0 Å². The number of imidazole rings is 1. The number of carbonyl (C=O) groups is 1. The van der Waals surface area contributed by atoms with Crippen LogP contribution in [-0.4, -0.2) is 35.2 Å². The van der Waals surface area contributed by atoms with Gasteiger partial charge in [0.2, 0.25) is 0 Å². The second-order valence-corrected chi connectivity index (χ2v) is 8.79. The number of fused-ring (bicyclic) bond motifs is 1. The van der Waals surface area contributed by atoms with Crippen molar-refractivity contribution in [2.45, 2.75) is 38.6 Å². The van der Waals surface area contributed by atoms with Crippen molar-refractivity contribution in [1.29, 1.82) is 0 Å². The predicted molar refractivity (Wildman–Crippen MR) is 125 cm³/mol. The summed E-state index contributed by atoms with van der Waals surface area (Å²) in [6.45, 7) is 1.67. The van der Waals surface area contributed by atoms with E-state index in [4.69, 9.17) is 9.47 Å². The molecule has 0 N–H and O–H groups in total. The first-order chi connectivity index (χ1) is 15.6. The van der Waals surface area contributed by atoms with E-state index in [-0.39, 0.29) is 11.6 Å². The van der Waals surface area contributed by atoms with Gasteiger partial charge in [-0.2, -0.15) is 0 Å². The first kappa shape index (κ1) is 22.3. The smallest absolute Gasteiger partial charge is 0.328 e. The average molecular weight is 437 g/mol. The van der Waals surface area contributed by atoms with E-state index in [0.717, 1.165) is 48.0 Å². The monoisotopic (exact) mass is 436 g/mol. The fourth-order valence-electron chi connectivity index (χ4n) is 4.77. The number of methoxy groups -OCH3 is 1. The molecule has 3 aromatic rings. The van der Waals surface area contributed by atoms with Gasteiger partial charge in [0, 0.05) is 39.1 Å². The largest absolute Gasteiger partial charge is 0.491 e. The summed E-state index contributed by atoms with van der Waals surface area (Å²) in [6, 6.07) is 15.8. The topological polar surface area (TPSA) is 62.5 Å². The molecule has 0 bridgehead atoms. The number of nitrogens with zero attached hydrogens (tertiary/aromatic N) is 2. The Balaban J connectivity index is 1.41. The van der Waals surface area contributed by atoms with Crippen molar-refractivity contribution in [2.24, 2.45) is 18.9 Å². The normalized spacial score (nSPS) is 18.7. The summed E-state index contributed by atoms with van der Waals surface area (Å²) in [7, 11) is 3.46. The quantitative estimate of drug-likeness (QED) is 0.476. The number of Topliss-reactive ketones (excluding diaryl/α,β-unsaturated/α-hetero) is 1. The maximum atomic E-state index is 12.9. The minimum absolute atomic E-state index is 0.00341. The highest BCUT2D eigenvalue weighted by Crippen LogP contribution is 2.32. The third-order valence-corrected chi connectivity index (χ3v) is 6.64. The Bertz CT molecular complexity index is 1110. The van der Waals surface area contributed by atoms with Crippen LogP contribution in [0.2, 0.25) is 0 Å². The molecule has 0 unspecified atom stereocenters. The Morgan fingerprint density at radius 2 is 1.75 bits per heavy atom. The van der Waals surface area contributed by atoms with Crippen molar-refractivity contribution in [3.8, 4) is 5.75 Å². The fourth-order valence-corrected chi connectivity index (χ4v) is 4.77. The van der Waals surface area contributed by atoms with Crippen LogP contribution in [0.4, 0.5) is 0 Å². The molecular weight excluding hydrogens is 404 g/mol. The average Bonchev–Trinajstić information content (AvgIpc) is 3.05. The Morgan fingerprint density at radius 3 is 2.47 bits per heavy atom. The molecule has 6 nitrogen and oxygen atoms in total. The van der Waals surface area contributed by atoms with Crippen LogP contribution in [0.5, 0.6) is 5.75 Å². The van der Waals surface area contributed by atoms with Gasteiger partial charge in [-0.3, -0.25) is 13.9 Å². The summed E-state index contributed by atoms with van der Waals surface area (Å²) in [4.78, 5) is 25.6. The highest BCUT2D eigenvalue weighted by atomic mass is 16.5. The van der Waals surface area contributed by atoms with Crippen molar-refractivity contribution in [3.63, 3.8) is 0 Å². The summed E-state index contributed by atoms with van der Waals surface area (Å²) < 4.78 is 14.4. The van der Waals surface area contributed by atoms with E-state index in [1.807, 2.05) is 60.1 Å². The number of aromatic nitrogens is 2. The zero-order chi connectivity index (χ0) is 22.5. The van der Waals surface area contributed by atoms with Gasteiger partial charge in [0.05, 0.1) is 17.6 Å². The molecule has 1 saturated carbocycles. The molecule has 4 rings (SSSR count). The molecule has 1 heterocycles. The third kappa shape index (κ3) is 4.96. The van der Waals surface area contributed by atoms with E-state index in [0.29, 0.717) is 37.9 Å². The number of ketones is 1. The number of ether oxygens (including phenoxy) is 2.